The van der Waals surface area contributed by atoms with E-state index in [1.807, 2.05) is 82.2 Å². The van der Waals surface area contributed by atoms with Gasteiger partial charge in [0.15, 0.2) is 0 Å². The maximum Gasteiger partial charge on any atom is 0.316 e. The number of esters is 1. The summed E-state index contributed by atoms with van der Waals surface area (Å²) in [4.78, 5) is 12.8. The van der Waals surface area contributed by atoms with Crippen LogP contribution >= 0.6 is 0 Å². The Labute approximate surface area is 184 Å². The van der Waals surface area contributed by atoms with Gasteiger partial charge in [-0.2, -0.15) is 0 Å². The van der Waals surface area contributed by atoms with Crippen LogP contribution in [0.4, 0.5) is 0 Å². The molecule has 1 aromatic carbocycles. The lowest BCUT2D eigenvalue weighted by Gasteiger charge is -2.40. The molecule has 0 unspecified atom stereocenters. The lowest BCUT2D eigenvalue weighted by molar-refractivity contribution is -0.144. The first kappa shape index (κ1) is 26.6. The zero-order valence-corrected chi connectivity index (χ0v) is 21.0. The summed E-state index contributed by atoms with van der Waals surface area (Å²) < 4.78 is 5.80. The van der Waals surface area contributed by atoms with Gasteiger partial charge in [0, 0.05) is 0 Å². The first-order valence-corrected chi connectivity index (χ1v) is 11.4. The van der Waals surface area contributed by atoms with E-state index in [2.05, 4.69) is 0 Å². The van der Waals surface area contributed by atoms with Crippen molar-refractivity contribution in [3.05, 3.63) is 29.3 Å². The fraction of sp³-hybridized carbons (Fsp3) is 0.731. The molecule has 0 heterocycles. The number of hydrogen-bond acceptors (Lipinski definition) is 4. The van der Waals surface area contributed by atoms with E-state index in [-0.39, 0.29) is 29.6 Å². The number of carbonyl (C=O) groups excluding carboxylic acids is 1. The minimum atomic E-state index is -1.12. The van der Waals surface area contributed by atoms with Crippen molar-refractivity contribution in [1.29, 1.82) is 0 Å². The van der Waals surface area contributed by atoms with Crippen molar-refractivity contribution >= 4 is 5.97 Å². The van der Waals surface area contributed by atoms with Crippen LogP contribution < -0.4 is 4.74 Å². The molecular weight excluding hydrogens is 376 g/mol. The van der Waals surface area contributed by atoms with Crippen LogP contribution in [-0.4, -0.2) is 16.2 Å². The van der Waals surface area contributed by atoms with Crippen molar-refractivity contribution in [2.24, 2.45) is 29.1 Å². The molecule has 0 atom stereocenters. The second-order valence-corrected chi connectivity index (χ2v) is 10.6. The average Bonchev–Trinajstić information content (AvgIpc) is 2.65. The molecule has 0 fully saturated rings. The largest absolute Gasteiger partial charge is 0.426 e. The third-order valence-corrected chi connectivity index (χ3v) is 7.00. The molecule has 2 N–H and O–H groups in total. The van der Waals surface area contributed by atoms with E-state index in [0.29, 0.717) is 23.3 Å². The summed E-state index contributed by atoms with van der Waals surface area (Å²) in [5, 5.41) is 23.3. The fourth-order valence-electron chi connectivity index (χ4n) is 4.18. The van der Waals surface area contributed by atoms with E-state index in [9.17, 15) is 15.0 Å². The number of hydrogen-bond donors (Lipinski definition) is 2. The van der Waals surface area contributed by atoms with E-state index >= 15 is 0 Å². The molecule has 4 heteroatoms. The number of aliphatic hydroxyl groups is 2. The van der Waals surface area contributed by atoms with E-state index in [1.165, 1.54) is 0 Å². The van der Waals surface area contributed by atoms with Gasteiger partial charge in [0.05, 0.1) is 16.6 Å². The summed E-state index contributed by atoms with van der Waals surface area (Å²) in [6.07, 6.45) is 0.655. The zero-order chi connectivity index (χ0) is 23.7. The summed E-state index contributed by atoms with van der Waals surface area (Å²) in [6, 6.07) is 5.41. The molecule has 0 radical (unpaired) electrons. The van der Waals surface area contributed by atoms with Crippen molar-refractivity contribution in [3.8, 4) is 5.75 Å². The maximum atomic E-state index is 12.8. The molecule has 4 nitrogen and oxygen atoms in total. The van der Waals surface area contributed by atoms with Crippen LogP contribution in [0, 0.1) is 29.1 Å². The zero-order valence-electron chi connectivity index (χ0n) is 21.0. The quantitative estimate of drug-likeness (QED) is 0.378. The summed E-state index contributed by atoms with van der Waals surface area (Å²) in [5.41, 5.74) is -1.52. The number of rotatable bonds is 9. The summed E-state index contributed by atoms with van der Waals surface area (Å²) in [6.45, 7) is 21.5. The molecular formula is C26H44O4. The molecule has 0 aliphatic heterocycles. The molecule has 0 aliphatic rings. The Morgan fingerprint density at radius 3 is 1.40 bits per heavy atom. The summed E-state index contributed by atoms with van der Waals surface area (Å²) in [7, 11) is 0. The molecule has 0 saturated heterocycles. The second kappa shape index (κ2) is 9.40. The van der Waals surface area contributed by atoms with Crippen LogP contribution in [-0.2, 0) is 16.0 Å². The normalized spacial score (nSPS) is 13.6. The molecule has 0 spiro atoms. The van der Waals surface area contributed by atoms with Gasteiger partial charge in [-0.25, -0.2) is 0 Å². The summed E-state index contributed by atoms with van der Waals surface area (Å²) in [5.74, 6) is -0.190. The SMILES string of the molecule is CCC(C)(C)C(=O)Oc1cc(C(O)(C(C)C)C(C)C)cc(C(O)(C(C)C)C(C)C)c1. The predicted octanol–water partition coefficient (Wildman–Crippen LogP) is 6.03. The number of ether oxygens (including phenoxy) is 1. The third kappa shape index (κ3) is 4.91. The molecule has 1 rings (SSSR count). The van der Waals surface area contributed by atoms with Crippen molar-refractivity contribution < 1.29 is 19.7 Å². The van der Waals surface area contributed by atoms with E-state index in [4.69, 9.17) is 4.74 Å². The number of carbonyl (C=O) groups is 1. The van der Waals surface area contributed by atoms with Crippen molar-refractivity contribution in [2.75, 3.05) is 0 Å². The number of benzene rings is 1. The minimum absolute atomic E-state index is 0.0606. The smallest absolute Gasteiger partial charge is 0.316 e. The van der Waals surface area contributed by atoms with Crippen LogP contribution in [0.3, 0.4) is 0 Å². The Hall–Kier alpha value is -1.39. The van der Waals surface area contributed by atoms with Crippen LogP contribution in [0.2, 0.25) is 0 Å². The van der Waals surface area contributed by atoms with Gasteiger partial charge in [-0.15, -0.1) is 0 Å². The Kier molecular flexibility index (Phi) is 8.35. The van der Waals surface area contributed by atoms with Crippen LogP contribution in [0.25, 0.3) is 0 Å². The Bertz CT molecular complexity index is 668. The Balaban J connectivity index is 3.78. The molecule has 0 aromatic heterocycles. The topological polar surface area (TPSA) is 66.8 Å². The van der Waals surface area contributed by atoms with Gasteiger partial charge in [-0.1, -0.05) is 62.3 Å². The lowest BCUT2D eigenvalue weighted by atomic mass is 9.71. The second-order valence-electron chi connectivity index (χ2n) is 10.6. The third-order valence-electron chi connectivity index (χ3n) is 7.00. The lowest BCUT2D eigenvalue weighted by Crippen LogP contribution is -2.40. The van der Waals surface area contributed by atoms with Gasteiger partial charge >= 0.3 is 5.97 Å². The maximum absolute atomic E-state index is 12.8. The minimum Gasteiger partial charge on any atom is -0.426 e. The first-order valence-electron chi connectivity index (χ1n) is 11.4. The fourth-order valence-corrected chi connectivity index (χ4v) is 4.18. The summed E-state index contributed by atoms with van der Waals surface area (Å²) >= 11 is 0. The monoisotopic (exact) mass is 420 g/mol. The van der Waals surface area contributed by atoms with Crippen LogP contribution in [0.15, 0.2) is 18.2 Å². The molecule has 0 amide bonds. The van der Waals surface area contributed by atoms with Crippen LogP contribution in [0.1, 0.15) is 93.7 Å². The molecule has 172 valence electrons. The van der Waals surface area contributed by atoms with Gasteiger partial charge in [-0.05, 0) is 73.3 Å². The van der Waals surface area contributed by atoms with E-state index in [1.54, 1.807) is 12.1 Å². The molecule has 0 saturated carbocycles. The first-order chi connectivity index (χ1) is 13.5. The molecule has 1 aromatic rings. The van der Waals surface area contributed by atoms with Gasteiger partial charge in [0.2, 0.25) is 0 Å². The van der Waals surface area contributed by atoms with Gasteiger partial charge in [0.25, 0.3) is 0 Å². The van der Waals surface area contributed by atoms with Crippen molar-refractivity contribution in [3.63, 3.8) is 0 Å². The van der Waals surface area contributed by atoms with Crippen LogP contribution in [0.5, 0.6) is 5.75 Å². The van der Waals surface area contributed by atoms with Crippen molar-refractivity contribution in [1.82, 2.24) is 0 Å². The van der Waals surface area contributed by atoms with Gasteiger partial charge in [0.1, 0.15) is 5.75 Å². The standard InChI is InChI=1S/C26H44O4/c1-12-24(10,11)23(27)30-22-14-20(25(28,16(2)3)17(4)5)13-21(15-22)26(29,18(6)7)19(8)9/h13-19,28-29H,12H2,1-11H3. The van der Waals surface area contributed by atoms with Gasteiger partial charge in [-0.3, -0.25) is 4.79 Å². The predicted molar refractivity (Wildman–Crippen MR) is 123 cm³/mol. The highest BCUT2D eigenvalue weighted by Gasteiger charge is 2.41. The highest BCUT2D eigenvalue weighted by molar-refractivity contribution is 5.78. The molecule has 0 bridgehead atoms. The van der Waals surface area contributed by atoms with Crippen molar-refractivity contribution in [2.45, 2.75) is 93.8 Å². The Morgan fingerprint density at radius 2 is 1.13 bits per heavy atom. The Morgan fingerprint density at radius 1 is 0.800 bits per heavy atom. The highest BCUT2D eigenvalue weighted by atomic mass is 16.5. The molecule has 0 aliphatic carbocycles. The average molecular weight is 421 g/mol. The highest BCUT2D eigenvalue weighted by Crippen LogP contribution is 2.44. The molecule has 30 heavy (non-hydrogen) atoms. The van der Waals surface area contributed by atoms with E-state index < -0.39 is 16.6 Å². The van der Waals surface area contributed by atoms with Gasteiger partial charge < -0.3 is 14.9 Å². The van der Waals surface area contributed by atoms with E-state index in [0.717, 1.165) is 0 Å².